The number of likely N-dealkylation sites (tertiary alicyclic amines) is 1. The Kier molecular flexibility index (Phi) is 4.68. The fourth-order valence-corrected chi connectivity index (χ4v) is 3.78. The maximum absolute atomic E-state index is 12.6. The molecule has 0 bridgehead atoms. The third kappa shape index (κ3) is 3.83. The first-order valence-corrected chi connectivity index (χ1v) is 9.28. The van der Waals surface area contributed by atoms with Crippen LogP contribution < -0.4 is 5.32 Å². The van der Waals surface area contributed by atoms with Gasteiger partial charge in [0.25, 0.3) is 0 Å². The molecule has 1 aromatic heterocycles. The number of carbonyl (C=O) groups is 1. The molecular formula is C19H25N5O. The largest absolute Gasteiger partial charge is 0.324 e. The number of nitrogens with zero attached hydrogens (tertiary/aromatic N) is 4. The van der Waals surface area contributed by atoms with E-state index in [2.05, 4.69) is 27.8 Å². The Morgan fingerprint density at radius 1 is 1.16 bits per heavy atom. The van der Waals surface area contributed by atoms with Gasteiger partial charge in [-0.05, 0) is 55.2 Å². The zero-order chi connectivity index (χ0) is 17.1. The predicted molar refractivity (Wildman–Crippen MR) is 96.4 cm³/mol. The number of benzene rings is 1. The van der Waals surface area contributed by atoms with Crippen LogP contribution in [0.2, 0.25) is 0 Å². The molecule has 2 heterocycles. The molecule has 6 heteroatoms. The molecule has 1 N–H and O–H groups in total. The number of anilines is 1. The van der Waals surface area contributed by atoms with Crippen molar-refractivity contribution in [3.8, 4) is 0 Å². The Morgan fingerprint density at radius 3 is 2.68 bits per heavy atom. The minimum Gasteiger partial charge on any atom is -0.324 e. The van der Waals surface area contributed by atoms with Gasteiger partial charge in [0.2, 0.25) is 0 Å². The van der Waals surface area contributed by atoms with Crippen LogP contribution in [0.15, 0.2) is 36.7 Å². The van der Waals surface area contributed by atoms with Gasteiger partial charge in [0.05, 0.1) is 6.20 Å². The van der Waals surface area contributed by atoms with Crippen molar-refractivity contribution in [2.24, 2.45) is 5.92 Å². The van der Waals surface area contributed by atoms with Crippen LogP contribution in [0.3, 0.4) is 0 Å². The quantitative estimate of drug-likeness (QED) is 0.927. The van der Waals surface area contributed by atoms with Crippen molar-refractivity contribution >= 4 is 11.7 Å². The van der Waals surface area contributed by atoms with Crippen molar-refractivity contribution in [2.45, 2.75) is 44.6 Å². The fourth-order valence-electron chi connectivity index (χ4n) is 3.78. The summed E-state index contributed by atoms with van der Waals surface area (Å²) in [7, 11) is 0. The lowest BCUT2D eigenvalue weighted by Crippen LogP contribution is -2.43. The molecule has 0 spiro atoms. The van der Waals surface area contributed by atoms with Crippen molar-refractivity contribution in [1.29, 1.82) is 0 Å². The van der Waals surface area contributed by atoms with Crippen LogP contribution in [-0.4, -0.2) is 39.0 Å². The maximum Gasteiger partial charge on any atom is 0.321 e. The summed E-state index contributed by atoms with van der Waals surface area (Å²) >= 11 is 0. The summed E-state index contributed by atoms with van der Waals surface area (Å²) in [6.07, 6.45) is 9.67. The highest BCUT2D eigenvalue weighted by Gasteiger charge is 2.24. The van der Waals surface area contributed by atoms with Gasteiger partial charge >= 0.3 is 6.03 Å². The van der Waals surface area contributed by atoms with E-state index in [1.54, 1.807) is 6.20 Å². The van der Waals surface area contributed by atoms with Crippen molar-refractivity contribution in [3.63, 3.8) is 0 Å². The fraction of sp³-hybridized carbons (Fsp3) is 0.526. The monoisotopic (exact) mass is 339 g/mol. The van der Waals surface area contributed by atoms with Gasteiger partial charge < -0.3 is 10.2 Å². The van der Waals surface area contributed by atoms with Gasteiger partial charge in [-0.3, -0.25) is 4.68 Å². The molecule has 1 saturated carbocycles. The molecule has 4 rings (SSSR count). The molecule has 1 saturated heterocycles. The van der Waals surface area contributed by atoms with Crippen molar-refractivity contribution in [1.82, 2.24) is 19.9 Å². The van der Waals surface area contributed by atoms with Crippen molar-refractivity contribution in [2.75, 3.05) is 18.4 Å². The molecular weight excluding hydrogens is 314 g/mol. The summed E-state index contributed by atoms with van der Waals surface area (Å²) in [6, 6.07) is 8.37. The van der Waals surface area contributed by atoms with E-state index in [1.165, 1.54) is 24.8 Å². The Balaban J connectivity index is 1.32. The minimum absolute atomic E-state index is 0.000292. The number of rotatable bonds is 4. The first-order chi connectivity index (χ1) is 12.3. The number of aromatic nitrogens is 3. The molecule has 0 unspecified atom stereocenters. The molecule has 25 heavy (non-hydrogen) atoms. The molecule has 1 aliphatic heterocycles. The third-order valence-electron chi connectivity index (χ3n) is 5.46. The molecule has 0 radical (unpaired) electrons. The van der Waals surface area contributed by atoms with Crippen LogP contribution in [0.25, 0.3) is 0 Å². The predicted octanol–water partition coefficient (Wildman–Crippen LogP) is 3.49. The second-order valence-electron chi connectivity index (χ2n) is 7.26. The van der Waals surface area contributed by atoms with Crippen LogP contribution >= 0.6 is 0 Å². The van der Waals surface area contributed by atoms with Gasteiger partial charge in [-0.25, -0.2) is 4.79 Å². The van der Waals surface area contributed by atoms with E-state index < -0.39 is 0 Å². The second kappa shape index (κ2) is 7.25. The second-order valence-corrected chi connectivity index (χ2v) is 7.26. The number of hydrogen-bond donors (Lipinski definition) is 1. The number of piperidine rings is 1. The molecule has 1 aromatic carbocycles. The zero-order valence-electron chi connectivity index (χ0n) is 14.5. The molecule has 2 amide bonds. The Hall–Kier alpha value is -2.37. The van der Waals surface area contributed by atoms with Gasteiger partial charge in [0, 0.05) is 31.5 Å². The van der Waals surface area contributed by atoms with E-state index >= 15 is 0 Å². The smallest absolute Gasteiger partial charge is 0.321 e. The first-order valence-electron chi connectivity index (χ1n) is 9.28. The Bertz CT molecular complexity index is 693. The summed E-state index contributed by atoms with van der Waals surface area (Å²) in [6.45, 7) is 2.41. The topological polar surface area (TPSA) is 63.1 Å². The van der Waals surface area contributed by atoms with Gasteiger partial charge in [0.15, 0.2) is 0 Å². The van der Waals surface area contributed by atoms with Crippen LogP contribution in [0.5, 0.6) is 0 Å². The molecule has 132 valence electrons. The Labute approximate surface area is 148 Å². The number of carbonyl (C=O) groups excluding carboxylic acids is 1. The third-order valence-corrected chi connectivity index (χ3v) is 5.46. The first kappa shape index (κ1) is 16.1. The van der Waals surface area contributed by atoms with E-state index in [9.17, 15) is 4.79 Å². The number of hydrogen-bond acceptors (Lipinski definition) is 3. The van der Waals surface area contributed by atoms with Crippen LogP contribution in [-0.2, 0) is 6.54 Å². The molecule has 6 nitrogen and oxygen atoms in total. The van der Waals surface area contributed by atoms with Crippen LogP contribution in [0, 0.1) is 5.92 Å². The lowest BCUT2D eigenvalue weighted by Gasteiger charge is -2.32. The molecule has 2 aliphatic rings. The summed E-state index contributed by atoms with van der Waals surface area (Å²) in [4.78, 5) is 14.5. The summed E-state index contributed by atoms with van der Waals surface area (Å²) in [5.74, 6) is 1.16. The molecule has 2 fully saturated rings. The van der Waals surface area contributed by atoms with E-state index in [0.29, 0.717) is 5.92 Å². The van der Waals surface area contributed by atoms with Gasteiger partial charge in [-0.1, -0.05) is 23.8 Å². The Morgan fingerprint density at radius 2 is 2.00 bits per heavy atom. The van der Waals surface area contributed by atoms with E-state index in [1.807, 2.05) is 27.9 Å². The van der Waals surface area contributed by atoms with Crippen molar-refractivity contribution < 1.29 is 4.79 Å². The van der Waals surface area contributed by atoms with E-state index in [-0.39, 0.29) is 6.03 Å². The molecule has 2 aromatic rings. The summed E-state index contributed by atoms with van der Waals surface area (Å²) in [5, 5.41) is 10.9. The maximum atomic E-state index is 12.6. The van der Waals surface area contributed by atoms with Crippen LogP contribution in [0.1, 0.15) is 43.6 Å². The van der Waals surface area contributed by atoms with Gasteiger partial charge in [0.1, 0.15) is 0 Å². The average Bonchev–Trinajstić information content (AvgIpc) is 3.08. The highest BCUT2D eigenvalue weighted by Crippen LogP contribution is 2.36. The molecule has 1 aliphatic carbocycles. The lowest BCUT2D eigenvalue weighted by atomic mass is 9.80. The normalized spacial score (nSPS) is 21.0. The standard InChI is InChI=1S/C19H25N5O/c25-19(21-18-8-6-17(7-9-18)16-4-1-5-16)23-11-2-3-15(13-23)14-24-12-10-20-22-24/h6-10,12,15-16H,1-5,11,13-14H2,(H,21,25)/t15-/m1/s1. The average molecular weight is 339 g/mol. The molecule has 1 atom stereocenters. The number of amides is 2. The lowest BCUT2D eigenvalue weighted by molar-refractivity contribution is 0.168. The van der Waals surface area contributed by atoms with Gasteiger partial charge in [-0.2, -0.15) is 0 Å². The van der Waals surface area contributed by atoms with E-state index in [4.69, 9.17) is 0 Å². The minimum atomic E-state index is -0.000292. The number of urea groups is 1. The SMILES string of the molecule is O=C(Nc1ccc(C2CCC2)cc1)N1CCC[C@@H](Cn2ccnn2)C1. The summed E-state index contributed by atoms with van der Waals surface area (Å²) in [5.41, 5.74) is 2.28. The van der Waals surface area contributed by atoms with E-state index in [0.717, 1.165) is 44.1 Å². The number of nitrogens with one attached hydrogen (secondary N) is 1. The van der Waals surface area contributed by atoms with Crippen molar-refractivity contribution in [3.05, 3.63) is 42.2 Å². The summed E-state index contributed by atoms with van der Waals surface area (Å²) < 4.78 is 1.85. The highest BCUT2D eigenvalue weighted by molar-refractivity contribution is 5.89. The zero-order valence-corrected chi connectivity index (χ0v) is 14.5. The van der Waals surface area contributed by atoms with Gasteiger partial charge in [-0.15, -0.1) is 5.10 Å². The van der Waals surface area contributed by atoms with Crippen LogP contribution in [0.4, 0.5) is 10.5 Å². The highest BCUT2D eigenvalue weighted by atomic mass is 16.2.